The summed E-state index contributed by atoms with van der Waals surface area (Å²) in [5, 5.41) is 9.58. The molecule has 8 nitrogen and oxygen atoms in total. The predicted octanol–water partition coefficient (Wildman–Crippen LogP) is 1.52. The van der Waals surface area contributed by atoms with Crippen LogP contribution in [0.15, 0.2) is 58.1 Å². The second-order valence-electron chi connectivity index (χ2n) is 6.90. The lowest BCUT2D eigenvalue weighted by molar-refractivity contribution is 0.0943. The maximum Gasteiger partial charge on any atom is 0.349 e. The van der Waals surface area contributed by atoms with Gasteiger partial charge in [0.25, 0.3) is 11.5 Å². The number of carbonyl (C=O) groups excluding carboxylic acids is 1. The number of hydrogen-bond acceptors (Lipinski definition) is 4. The SMILES string of the molecule is CC(C)NC(=O)c1ccc2c(=O)n(Cc3ccccc3)c3n[nH]c(=O)n3c2c1. The molecule has 0 bridgehead atoms. The van der Waals surface area contributed by atoms with Crippen LogP contribution in [0, 0.1) is 0 Å². The first-order valence-electron chi connectivity index (χ1n) is 8.94. The van der Waals surface area contributed by atoms with Crippen LogP contribution in [0.5, 0.6) is 0 Å². The van der Waals surface area contributed by atoms with Crippen molar-refractivity contribution in [2.45, 2.75) is 26.4 Å². The average molecular weight is 377 g/mol. The van der Waals surface area contributed by atoms with Gasteiger partial charge in [-0.3, -0.25) is 14.2 Å². The van der Waals surface area contributed by atoms with E-state index in [1.54, 1.807) is 18.2 Å². The third-order valence-corrected chi connectivity index (χ3v) is 4.48. The molecule has 0 aliphatic carbocycles. The van der Waals surface area contributed by atoms with E-state index in [9.17, 15) is 14.4 Å². The number of amides is 1. The molecule has 2 N–H and O–H groups in total. The van der Waals surface area contributed by atoms with E-state index in [4.69, 9.17) is 0 Å². The number of nitrogens with zero attached hydrogens (tertiary/aromatic N) is 3. The molecule has 0 unspecified atom stereocenters. The molecule has 0 aliphatic rings. The highest BCUT2D eigenvalue weighted by Crippen LogP contribution is 2.15. The minimum atomic E-state index is -0.469. The van der Waals surface area contributed by atoms with Crippen molar-refractivity contribution in [2.75, 3.05) is 0 Å². The fraction of sp³-hybridized carbons (Fsp3) is 0.200. The van der Waals surface area contributed by atoms with E-state index in [-0.39, 0.29) is 29.8 Å². The highest BCUT2D eigenvalue weighted by molar-refractivity contribution is 5.98. The first-order valence-corrected chi connectivity index (χ1v) is 8.94. The molecule has 2 aromatic carbocycles. The monoisotopic (exact) mass is 377 g/mol. The molecule has 0 radical (unpaired) electrons. The lowest BCUT2D eigenvalue weighted by Crippen LogP contribution is -2.30. The first kappa shape index (κ1) is 17.7. The normalized spacial score (nSPS) is 11.4. The molecule has 0 fully saturated rings. The van der Waals surface area contributed by atoms with Crippen molar-refractivity contribution in [3.05, 3.63) is 80.5 Å². The number of benzene rings is 2. The van der Waals surface area contributed by atoms with Crippen molar-refractivity contribution in [3.63, 3.8) is 0 Å². The Morgan fingerprint density at radius 1 is 1.14 bits per heavy atom. The Hall–Kier alpha value is -3.68. The maximum atomic E-state index is 13.1. The van der Waals surface area contributed by atoms with Crippen LogP contribution < -0.4 is 16.6 Å². The highest BCUT2D eigenvalue weighted by Gasteiger charge is 2.17. The predicted molar refractivity (Wildman–Crippen MR) is 106 cm³/mol. The van der Waals surface area contributed by atoms with E-state index in [1.807, 2.05) is 44.2 Å². The summed E-state index contributed by atoms with van der Waals surface area (Å²) >= 11 is 0. The lowest BCUT2D eigenvalue weighted by Gasteiger charge is -2.12. The van der Waals surface area contributed by atoms with E-state index in [0.29, 0.717) is 16.5 Å². The minimum Gasteiger partial charge on any atom is -0.350 e. The van der Waals surface area contributed by atoms with Gasteiger partial charge in [0.2, 0.25) is 5.78 Å². The Morgan fingerprint density at radius 3 is 2.61 bits per heavy atom. The van der Waals surface area contributed by atoms with Gasteiger partial charge in [0.05, 0.1) is 17.4 Å². The van der Waals surface area contributed by atoms with Gasteiger partial charge in [-0.2, -0.15) is 0 Å². The minimum absolute atomic E-state index is 0.0289. The third kappa shape index (κ3) is 2.98. The van der Waals surface area contributed by atoms with Crippen LogP contribution in [-0.2, 0) is 6.54 Å². The summed E-state index contributed by atoms with van der Waals surface area (Å²) in [5.41, 5.74) is 0.883. The van der Waals surface area contributed by atoms with E-state index in [2.05, 4.69) is 15.5 Å². The van der Waals surface area contributed by atoms with Crippen LogP contribution in [0.25, 0.3) is 16.7 Å². The molecule has 28 heavy (non-hydrogen) atoms. The Bertz CT molecular complexity index is 1300. The summed E-state index contributed by atoms with van der Waals surface area (Å²) in [6.45, 7) is 4.00. The Kier molecular flexibility index (Phi) is 4.31. The zero-order valence-electron chi connectivity index (χ0n) is 15.5. The molecule has 0 aliphatic heterocycles. The smallest absolute Gasteiger partial charge is 0.349 e. The van der Waals surface area contributed by atoms with Crippen molar-refractivity contribution in [1.29, 1.82) is 0 Å². The lowest BCUT2D eigenvalue weighted by atomic mass is 10.1. The third-order valence-electron chi connectivity index (χ3n) is 4.48. The largest absolute Gasteiger partial charge is 0.350 e. The van der Waals surface area contributed by atoms with Gasteiger partial charge in [0.1, 0.15) is 0 Å². The van der Waals surface area contributed by atoms with E-state index < -0.39 is 5.69 Å². The molecule has 0 saturated heterocycles. The van der Waals surface area contributed by atoms with Gasteiger partial charge in [0.15, 0.2) is 0 Å². The Morgan fingerprint density at radius 2 is 1.89 bits per heavy atom. The summed E-state index contributed by atoms with van der Waals surface area (Å²) in [4.78, 5) is 37.9. The molecule has 4 rings (SSSR count). The molecular formula is C20H19N5O3. The van der Waals surface area contributed by atoms with Crippen LogP contribution in [0.2, 0.25) is 0 Å². The van der Waals surface area contributed by atoms with Gasteiger partial charge in [-0.25, -0.2) is 14.3 Å². The van der Waals surface area contributed by atoms with Crippen molar-refractivity contribution in [1.82, 2.24) is 24.5 Å². The van der Waals surface area contributed by atoms with Crippen LogP contribution in [0.1, 0.15) is 29.8 Å². The Labute approximate surface area is 159 Å². The van der Waals surface area contributed by atoms with E-state index >= 15 is 0 Å². The zero-order valence-corrected chi connectivity index (χ0v) is 15.5. The van der Waals surface area contributed by atoms with Crippen molar-refractivity contribution in [3.8, 4) is 0 Å². The molecule has 2 heterocycles. The van der Waals surface area contributed by atoms with Gasteiger partial charge in [-0.05, 0) is 37.6 Å². The number of rotatable bonds is 4. The van der Waals surface area contributed by atoms with E-state index in [1.165, 1.54) is 8.97 Å². The van der Waals surface area contributed by atoms with Gasteiger partial charge < -0.3 is 5.32 Å². The van der Waals surface area contributed by atoms with E-state index in [0.717, 1.165) is 5.56 Å². The fourth-order valence-electron chi connectivity index (χ4n) is 3.22. The molecule has 142 valence electrons. The van der Waals surface area contributed by atoms with Crippen molar-refractivity contribution >= 4 is 22.6 Å². The van der Waals surface area contributed by atoms with Crippen LogP contribution in [0.4, 0.5) is 0 Å². The molecule has 4 aromatic rings. The van der Waals surface area contributed by atoms with Crippen molar-refractivity contribution < 1.29 is 4.79 Å². The summed E-state index contributed by atoms with van der Waals surface area (Å²) in [5.74, 6) is -0.0668. The second kappa shape index (κ2) is 6.80. The van der Waals surface area contributed by atoms with Crippen LogP contribution in [-0.4, -0.2) is 31.1 Å². The number of nitrogens with one attached hydrogen (secondary N) is 2. The maximum absolute atomic E-state index is 13.1. The van der Waals surface area contributed by atoms with Crippen molar-refractivity contribution in [2.24, 2.45) is 0 Å². The summed E-state index contributed by atoms with van der Waals surface area (Å²) in [6, 6.07) is 14.1. The van der Waals surface area contributed by atoms with Gasteiger partial charge in [0, 0.05) is 11.6 Å². The first-order chi connectivity index (χ1) is 13.5. The zero-order chi connectivity index (χ0) is 19.8. The molecule has 0 spiro atoms. The second-order valence-corrected chi connectivity index (χ2v) is 6.90. The molecule has 0 saturated carbocycles. The molecule has 0 atom stereocenters. The number of hydrogen-bond donors (Lipinski definition) is 2. The molecule has 8 heteroatoms. The summed E-state index contributed by atoms with van der Waals surface area (Å²) in [7, 11) is 0. The topological polar surface area (TPSA) is 101 Å². The van der Waals surface area contributed by atoms with Crippen LogP contribution in [0.3, 0.4) is 0 Å². The standard InChI is InChI=1S/C20H19N5O3/c1-12(2)21-17(26)14-8-9-15-16(10-14)25-19(22-23-20(25)28)24(18(15)27)11-13-6-4-3-5-7-13/h3-10,12H,11H2,1-2H3,(H,21,26)(H,23,28). The summed E-state index contributed by atoms with van der Waals surface area (Å²) in [6.07, 6.45) is 0. The number of aromatic amines is 1. The van der Waals surface area contributed by atoms with Gasteiger partial charge in [-0.15, -0.1) is 5.10 Å². The number of fused-ring (bicyclic) bond motifs is 3. The Balaban J connectivity index is 1.96. The number of aromatic nitrogens is 4. The molecule has 2 aromatic heterocycles. The quantitative estimate of drug-likeness (QED) is 0.563. The van der Waals surface area contributed by atoms with Gasteiger partial charge in [-0.1, -0.05) is 30.3 Å². The number of carbonyl (C=O) groups is 1. The average Bonchev–Trinajstić information content (AvgIpc) is 3.06. The van der Waals surface area contributed by atoms with Crippen LogP contribution >= 0.6 is 0 Å². The highest BCUT2D eigenvalue weighted by atomic mass is 16.2. The fourth-order valence-corrected chi connectivity index (χ4v) is 3.22. The molecule has 1 amide bonds. The van der Waals surface area contributed by atoms with Gasteiger partial charge >= 0.3 is 5.69 Å². The number of H-pyrrole nitrogens is 1. The summed E-state index contributed by atoms with van der Waals surface area (Å²) < 4.78 is 2.77. The molecular weight excluding hydrogens is 358 g/mol.